The predicted octanol–water partition coefficient (Wildman–Crippen LogP) is 3.64. The van der Waals surface area contributed by atoms with Crippen molar-refractivity contribution in [2.45, 2.75) is 6.54 Å². The van der Waals surface area contributed by atoms with E-state index in [0.717, 1.165) is 11.3 Å². The summed E-state index contributed by atoms with van der Waals surface area (Å²) < 4.78 is 6.68. The summed E-state index contributed by atoms with van der Waals surface area (Å²) in [7, 11) is 1.30. The van der Waals surface area contributed by atoms with Crippen molar-refractivity contribution in [3.63, 3.8) is 0 Å². The van der Waals surface area contributed by atoms with Crippen molar-refractivity contribution in [1.29, 1.82) is 0 Å². The van der Waals surface area contributed by atoms with Gasteiger partial charge in [0.15, 0.2) is 4.77 Å². The number of rotatable bonds is 5. The lowest BCUT2D eigenvalue weighted by Crippen LogP contribution is -2.25. The topological polar surface area (TPSA) is 88.2 Å². The highest BCUT2D eigenvalue weighted by molar-refractivity contribution is 7.71. The first kappa shape index (κ1) is 18.4. The van der Waals surface area contributed by atoms with Gasteiger partial charge < -0.3 is 15.0 Å². The van der Waals surface area contributed by atoms with Crippen LogP contribution in [0.15, 0.2) is 60.8 Å². The van der Waals surface area contributed by atoms with Crippen LogP contribution in [0.1, 0.15) is 16.1 Å². The molecule has 0 saturated heterocycles. The van der Waals surface area contributed by atoms with E-state index in [9.17, 15) is 9.59 Å². The number of carbonyl (C=O) groups excluding carboxylic acids is 2. The molecule has 0 aliphatic rings. The number of methoxy groups -OCH3 is 1. The molecule has 2 amide bonds. The number of nitrogens with zero attached hydrogens (tertiary/aromatic N) is 1. The summed E-state index contributed by atoms with van der Waals surface area (Å²) in [6.07, 6.45) is 1.06. The minimum absolute atomic E-state index is 0.247. The number of hydrogen-bond donors (Lipinski definition) is 3. The molecule has 8 heteroatoms. The Morgan fingerprint density at radius 1 is 1.11 bits per heavy atom. The highest BCUT2D eigenvalue weighted by Crippen LogP contribution is 2.13. The second kappa shape index (κ2) is 8.33. The smallest absolute Gasteiger partial charge is 0.411 e. The van der Waals surface area contributed by atoms with Crippen LogP contribution in [0.25, 0.3) is 5.69 Å². The van der Waals surface area contributed by atoms with E-state index in [0.29, 0.717) is 22.7 Å². The number of carbonyl (C=O) groups is 2. The van der Waals surface area contributed by atoms with Gasteiger partial charge in [-0.3, -0.25) is 14.7 Å². The molecule has 27 heavy (non-hydrogen) atoms. The Balaban J connectivity index is 1.69. The molecule has 0 aliphatic heterocycles. The van der Waals surface area contributed by atoms with Crippen LogP contribution in [-0.2, 0) is 11.3 Å². The fourth-order valence-electron chi connectivity index (χ4n) is 2.52. The summed E-state index contributed by atoms with van der Waals surface area (Å²) in [6, 6.07) is 16.5. The number of H-pyrrole nitrogens is 1. The minimum Gasteiger partial charge on any atom is -0.453 e. The zero-order valence-corrected chi connectivity index (χ0v) is 15.4. The number of anilines is 1. The maximum atomic E-state index is 12.6. The number of ether oxygens (including phenoxy) is 1. The van der Waals surface area contributed by atoms with Crippen molar-refractivity contribution in [1.82, 2.24) is 14.9 Å². The number of hydrogen-bond acceptors (Lipinski definition) is 4. The summed E-state index contributed by atoms with van der Waals surface area (Å²) in [5.41, 5.74) is 2.74. The second-order valence-electron chi connectivity index (χ2n) is 5.65. The Morgan fingerprint density at radius 2 is 1.81 bits per heavy atom. The zero-order valence-electron chi connectivity index (χ0n) is 14.6. The van der Waals surface area contributed by atoms with Gasteiger partial charge in [0.25, 0.3) is 5.91 Å². The first-order valence-electron chi connectivity index (χ1n) is 8.16. The average Bonchev–Trinajstić information content (AvgIpc) is 3.09. The fraction of sp³-hybridized carbons (Fsp3) is 0.105. The lowest BCUT2D eigenvalue weighted by molar-refractivity contribution is 0.0944. The monoisotopic (exact) mass is 382 g/mol. The SMILES string of the molecule is COC(=O)Nc1ccc(CNC(=O)c2c[nH]c(=S)n2-c2ccccc2)cc1. The lowest BCUT2D eigenvalue weighted by Gasteiger charge is -2.10. The molecule has 3 N–H and O–H groups in total. The molecule has 1 heterocycles. The normalized spacial score (nSPS) is 10.3. The minimum atomic E-state index is -0.534. The van der Waals surface area contributed by atoms with E-state index in [2.05, 4.69) is 20.4 Å². The summed E-state index contributed by atoms with van der Waals surface area (Å²) in [5, 5.41) is 5.44. The third-order valence-corrected chi connectivity index (χ3v) is 4.16. The number of aromatic amines is 1. The van der Waals surface area contributed by atoms with Crippen molar-refractivity contribution in [2.75, 3.05) is 12.4 Å². The maximum absolute atomic E-state index is 12.6. The van der Waals surface area contributed by atoms with Crippen LogP contribution in [-0.4, -0.2) is 28.7 Å². The number of imidazole rings is 1. The summed E-state index contributed by atoms with van der Waals surface area (Å²) >= 11 is 5.29. The van der Waals surface area contributed by atoms with Crippen LogP contribution < -0.4 is 10.6 Å². The standard InChI is InChI=1S/C19H18N4O3S/c1-26-19(25)22-14-9-7-13(8-10-14)11-20-17(24)16-12-21-18(27)23(16)15-5-3-2-4-6-15/h2-10,12H,11H2,1H3,(H,20,24)(H,21,27)(H,22,25). The van der Waals surface area contributed by atoms with E-state index in [1.807, 2.05) is 42.5 Å². The van der Waals surface area contributed by atoms with Gasteiger partial charge in [0.1, 0.15) is 5.69 Å². The van der Waals surface area contributed by atoms with Crippen LogP contribution >= 0.6 is 12.2 Å². The number of benzene rings is 2. The molecule has 0 bridgehead atoms. The first-order chi connectivity index (χ1) is 13.1. The molecule has 7 nitrogen and oxygen atoms in total. The number of nitrogens with one attached hydrogen (secondary N) is 3. The third kappa shape index (κ3) is 4.42. The summed E-state index contributed by atoms with van der Waals surface area (Å²) in [6.45, 7) is 0.337. The highest BCUT2D eigenvalue weighted by Gasteiger charge is 2.14. The Bertz CT molecular complexity index is 994. The number of para-hydroxylation sites is 1. The van der Waals surface area contributed by atoms with Crippen LogP contribution in [0.3, 0.4) is 0 Å². The van der Waals surface area contributed by atoms with E-state index in [4.69, 9.17) is 12.2 Å². The van der Waals surface area contributed by atoms with Crippen molar-refractivity contribution >= 4 is 29.9 Å². The Labute approximate surface area is 161 Å². The fourth-order valence-corrected chi connectivity index (χ4v) is 2.78. The van der Waals surface area contributed by atoms with Gasteiger partial charge in [-0.25, -0.2) is 4.79 Å². The largest absolute Gasteiger partial charge is 0.453 e. The van der Waals surface area contributed by atoms with Crippen molar-refractivity contribution in [2.24, 2.45) is 0 Å². The van der Waals surface area contributed by atoms with Gasteiger partial charge in [-0.05, 0) is 42.0 Å². The predicted molar refractivity (Wildman–Crippen MR) is 105 cm³/mol. The highest BCUT2D eigenvalue weighted by atomic mass is 32.1. The molecule has 2 aromatic carbocycles. The summed E-state index contributed by atoms with van der Waals surface area (Å²) in [4.78, 5) is 26.7. The van der Waals surface area contributed by atoms with Crippen LogP contribution in [0.4, 0.5) is 10.5 Å². The molecule has 0 fully saturated rings. The summed E-state index contributed by atoms with van der Waals surface area (Å²) in [5.74, 6) is -0.247. The molecule has 0 radical (unpaired) electrons. The molecular formula is C19H18N4O3S. The van der Waals surface area contributed by atoms with Crippen molar-refractivity contribution in [3.05, 3.63) is 76.8 Å². The van der Waals surface area contributed by atoms with Gasteiger partial charge in [-0.2, -0.15) is 0 Å². The lowest BCUT2D eigenvalue weighted by atomic mass is 10.2. The molecule has 3 rings (SSSR count). The van der Waals surface area contributed by atoms with E-state index in [1.54, 1.807) is 22.9 Å². The van der Waals surface area contributed by atoms with Gasteiger partial charge >= 0.3 is 6.09 Å². The quantitative estimate of drug-likeness (QED) is 0.588. The molecule has 3 aromatic rings. The average molecular weight is 382 g/mol. The Hall–Kier alpha value is -3.39. The molecular weight excluding hydrogens is 364 g/mol. The van der Waals surface area contributed by atoms with Crippen LogP contribution in [0, 0.1) is 4.77 Å². The van der Waals surface area contributed by atoms with Gasteiger partial charge in [-0.15, -0.1) is 0 Å². The zero-order chi connectivity index (χ0) is 19.2. The van der Waals surface area contributed by atoms with Crippen molar-refractivity contribution in [3.8, 4) is 5.69 Å². The molecule has 1 aromatic heterocycles. The number of aromatic nitrogens is 2. The molecule has 138 valence electrons. The van der Waals surface area contributed by atoms with Crippen LogP contribution in [0.2, 0.25) is 0 Å². The third-order valence-electron chi connectivity index (χ3n) is 3.86. The van der Waals surface area contributed by atoms with E-state index in [1.165, 1.54) is 7.11 Å². The van der Waals surface area contributed by atoms with Gasteiger partial charge in [0.05, 0.1) is 7.11 Å². The second-order valence-corrected chi connectivity index (χ2v) is 6.03. The van der Waals surface area contributed by atoms with Gasteiger partial charge in [-0.1, -0.05) is 30.3 Å². The molecule has 0 unspecified atom stereocenters. The molecule has 0 saturated carbocycles. The molecule has 0 atom stereocenters. The van der Waals surface area contributed by atoms with E-state index < -0.39 is 6.09 Å². The molecule has 0 spiro atoms. The maximum Gasteiger partial charge on any atom is 0.411 e. The first-order valence-corrected chi connectivity index (χ1v) is 8.57. The van der Waals surface area contributed by atoms with E-state index in [-0.39, 0.29) is 5.91 Å². The number of amides is 2. The van der Waals surface area contributed by atoms with Crippen LogP contribution in [0.5, 0.6) is 0 Å². The van der Waals surface area contributed by atoms with Crippen molar-refractivity contribution < 1.29 is 14.3 Å². The molecule has 0 aliphatic carbocycles. The Kier molecular flexibility index (Phi) is 5.68. The van der Waals surface area contributed by atoms with E-state index >= 15 is 0 Å². The van der Waals surface area contributed by atoms with Gasteiger partial charge in [0, 0.05) is 24.1 Å². The van der Waals surface area contributed by atoms with Gasteiger partial charge in [0.2, 0.25) is 0 Å². The Morgan fingerprint density at radius 3 is 2.48 bits per heavy atom.